The van der Waals surface area contributed by atoms with Crippen LogP contribution in [0.5, 0.6) is 0 Å². The van der Waals surface area contributed by atoms with Gasteiger partial charge >= 0.3 is 0 Å². The van der Waals surface area contributed by atoms with Gasteiger partial charge < -0.3 is 9.47 Å². The molecule has 0 aromatic rings. The SMILES string of the molecule is CCOC(OCC)([SiH2]C)N1CCCC1. The van der Waals surface area contributed by atoms with Crippen molar-refractivity contribution in [2.24, 2.45) is 0 Å². The zero-order valence-corrected chi connectivity index (χ0v) is 11.1. The molecular formula is C10H23NO2Si. The topological polar surface area (TPSA) is 21.7 Å². The maximum Gasteiger partial charge on any atom is 0.199 e. The Hall–Kier alpha value is 0.0969. The van der Waals surface area contributed by atoms with E-state index in [-0.39, 0.29) is 15.1 Å². The summed E-state index contributed by atoms with van der Waals surface area (Å²) in [6.45, 7) is 10.1. The van der Waals surface area contributed by atoms with Crippen molar-refractivity contribution < 1.29 is 9.47 Å². The lowest BCUT2D eigenvalue weighted by molar-refractivity contribution is -0.254. The van der Waals surface area contributed by atoms with Crippen molar-refractivity contribution in [2.45, 2.75) is 38.8 Å². The van der Waals surface area contributed by atoms with E-state index in [4.69, 9.17) is 9.47 Å². The molecule has 0 atom stereocenters. The summed E-state index contributed by atoms with van der Waals surface area (Å²) in [5.41, 5.74) is -0.306. The van der Waals surface area contributed by atoms with Crippen molar-refractivity contribution in [3.63, 3.8) is 0 Å². The highest BCUT2D eigenvalue weighted by atomic mass is 28.2. The second-order valence-electron chi connectivity index (χ2n) is 3.63. The molecule has 0 radical (unpaired) electrons. The van der Waals surface area contributed by atoms with Gasteiger partial charge in [0.05, 0.1) is 0 Å². The number of hydrogen-bond acceptors (Lipinski definition) is 3. The van der Waals surface area contributed by atoms with Crippen LogP contribution in [0, 0.1) is 0 Å². The smallest absolute Gasteiger partial charge is 0.199 e. The second-order valence-corrected chi connectivity index (χ2v) is 5.23. The van der Waals surface area contributed by atoms with Gasteiger partial charge in [0.2, 0.25) is 0 Å². The van der Waals surface area contributed by atoms with Crippen molar-refractivity contribution in [2.75, 3.05) is 26.3 Å². The minimum atomic E-state index is -0.349. The summed E-state index contributed by atoms with van der Waals surface area (Å²) in [6.07, 6.45) is 2.58. The fourth-order valence-corrected chi connectivity index (χ4v) is 3.74. The third-order valence-electron chi connectivity index (χ3n) is 2.77. The van der Waals surface area contributed by atoms with Crippen LogP contribution in [-0.4, -0.2) is 46.3 Å². The van der Waals surface area contributed by atoms with Gasteiger partial charge in [-0.3, -0.25) is 4.90 Å². The summed E-state index contributed by atoms with van der Waals surface area (Å²) in [4.78, 5) is 2.40. The highest BCUT2D eigenvalue weighted by Crippen LogP contribution is 2.23. The van der Waals surface area contributed by atoms with E-state index in [1.165, 1.54) is 12.8 Å². The second kappa shape index (κ2) is 5.85. The van der Waals surface area contributed by atoms with Crippen LogP contribution in [0.1, 0.15) is 26.7 Å². The molecule has 0 aromatic heterocycles. The zero-order chi connectivity index (χ0) is 10.4. The molecule has 1 aliphatic rings. The van der Waals surface area contributed by atoms with E-state index in [0.29, 0.717) is 0 Å². The Morgan fingerprint density at radius 3 is 2.00 bits per heavy atom. The highest BCUT2D eigenvalue weighted by Gasteiger charge is 2.37. The van der Waals surface area contributed by atoms with E-state index >= 15 is 0 Å². The van der Waals surface area contributed by atoms with Crippen molar-refractivity contribution in [1.29, 1.82) is 0 Å². The van der Waals surface area contributed by atoms with Crippen LogP contribution in [0.2, 0.25) is 6.55 Å². The molecular weight excluding hydrogens is 194 g/mol. The molecule has 3 nitrogen and oxygen atoms in total. The van der Waals surface area contributed by atoms with Gasteiger partial charge in [0.1, 0.15) is 9.52 Å². The van der Waals surface area contributed by atoms with Gasteiger partial charge in [-0.25, -0.2) is 0 Å². The third kappa shape index (κ3) is 2.57. The molecule has 1 saturated heterocycles. The lowest BCUT2D eigenvalue weighted by atomic mass is 10.4. The molecule has 1 heterocycles. The van der Waals surface area contributed by atoms with E-state index in [1.807, 2.05) is 13.8 Å². The van der Waals surface area contributed by atoms with Crippen molar-refractivity contribution in [1.82, 2.24) is 4.90 Å². The molecule has 0 unspecified atom stereocenters. The predicted octanol–water partition coefficient (Wildman–Crippen LogP) is 0.983. The first-order valence-corrected chi connectivity index (χ1v) is 7.94. The Bertz CT molecular complexity index is 154. The van der Waals surface area contributed by atoms with Gasteiger partial charge in [-0.05, 0) is 26.7 Å². The Morgan fingerprint density at radius 2 is 1.64 bits per heavy atom. The van der Waals surface area contributed by atoms with E-state index < -0.39 is 0 Å². The van der Waals surface area contributed by atoms with Gasteiger partial charge in [0.25, 0.3) is 0 Å². The standard InChI is InChI=1S/C10H23NO2Si/c1-4-12-10(14-3,13-5-2)11-8-6-7-9-11/h4-9,14H2,1-3H3. The highest BCUT2D eigenvalue weighted by molar-refractivity contribution is 6.36. The molecule has 4 heteroatoms. The van der Waals surface area contributed by atoms with Crippen LogP contribution in [-0.2, 0) is 9.47 Å². The first kappa shape index (κ1) is 12.2. The van der Waals surface area contributed by atoms with Gasteiger partial charge in [-0.1, -0.05) is 6.55 Å². The molecule has 0 amide bonds. The Balaban J connectivity index is 2.64. The summed E-state index contributed by atoms with van der Waals surface area (Å²) in [6, 6.07) is 0. The van der Waals surface area contributed by atoms with Crippen LogP contribution >= 0.6 is 0 Å². The molecule has 0 N–H and O–H groups in total. The molecule has 84 valence electrons. The van der Waals surface area contributed by atoms with E-state index in [2.05, 4.69) is 11.4 Å². The molecule has 0 aromatic carbocycles. The summed E-state index contributed by atoms with van der Waals surface area (Å²) >= 11 is 0. The van der Waals surface area contributed by atoms with Crippen LogP contribution < -0.4 is 0 Å². The summed E-state index contributed by atoms with van der Waals surface area (Å²) < 4.78 is 11.7. The summed E-state index contributed by atoms with van der Waals surface area (Å²) in [7, 11) is -0.349. The minimum Gasteiger partial charge on any atom is -0.342 e. The maximum absolute atomic E-state index is 5.87. The number of hydrogen-bond donors (Lipinski definition) is 0. The predicted molar refractivity (Wildman–Crippen MR) is 61.2 cm³/mol. The molecule has 1 rings (SSSR count). The minimum absolute atomic E-state index is 0.306. The van der Waals surface area contributed by atoms with Gasteiger partial charge in [0.15, 0.2) is 5.53 Å². The fourth-order valence-electron chi connectivity index (χ4n) is 2.16. The molecule has 0 saturated carbocycles. The van der Waals surface area contributed by atoms with Gasteiger partial charge in [-0.2, -0.15) is 0 Å². The normalized spacial score (nSPS) is 19.9. The van der Waals surface area contributed by atoms with Crippen LogP contribution in [0.4, 0.5) is 0 Å². The molecule has 1 fully saturated rings. The third-order valence-corrected chi connectivity index (χ3v) is 4.52. The molecule has 0 bridgehead atoms. The number of rotatable bonds is 6. The quantitative estimate of drug-likeness (QED) is 0.489. The summed E-state index contributed by atoms with van der Waals surface area (Å²) in [5.74, 6) is 0. The average Bonchev–Trinajstić information content (AvgIpc) is 2.70. The van der Waals surface area contributed by atoms with Crippen LogP contribution in [0.3, 0.4) is 0 Å². The number of ether oxygens (including phenoxy) is 2. The molecule has 14 heavy (non-hydrogen) atoms. The largest absolute Gasteiger partial charge is 0.342 e. The maximum atomic E-state index is 5.87. The number of likely N-dealkylation sites (tertiary alicyclic amines) is 1. The summed E-state index contributed by atoms with van der Waals surface area (Å²) in [5, 5.41) is 0. The lowest BCUT2D eigenvalue weighted by Gasteiger charge is -2.40. The Labute approximate surface area is 89.6 Å². The van der Waals surface area contributed by atoms with Gasteiger partial charge in [-0.15, -0.1) is 0 Å². The average molecular weight is 217 g/mol. The fraction of sp³-hybridized carbons (Fsp3) is 1.00. The van der Waals surface area contributed by atoms with E-state index in [9.17, 15) is 0 Å². The van der Waals surface area contributed by atoms with Crippen molar-refractivity contribution >= 4 is 9.52 Å². The molecule has 0 aliphatic carbocycles. The molecule has 1 aliphatic heterocycles. The molecule has 0 spiro atoms. The van der Waals surface area contributed by atoms with E-state index in [1.54, 1.807) is 0 Å². The Kier molecular flexibility index (Phi) is 5.09. The Morgan fingerprint density at radius 1 is 1.14 bits per heavy atom. The van der Waals surface area contributed by atoms with Crippen molar-refractivity contribution in [3.8, 4) is 0 Å². The monoisotopic (exact) mass is 217 g/mol. The van der Waals surface area contributed by atoms with E-state index in [0.717, 1.165) is 26.3 Å². The van der Waals surface area contributed by atoms with Crippen LogP contribution in [0.25, 0.3) is 0 Å². The first-order chi connectivity index (χ1) is 6.79. The first-order valence-electron chi connectivity index (χ1n) is 5.82. The number of nitrogens with zero attached hydrogens (tertiary/aromatic N) is 1. The lowest BCUT2D eigenvalue weighted by Crippen LogP contribution is -2.55. The van der Waals surface area contributed by atoms with Crippen molar-refractivity contribution in [3.05, 3.63) is 0 Å². The van der Waals surface area contributed by atoms with Crippen LogP contribution in [0.15, 0.2) is 0 Å². The zero-order valence-electron chi connectivity index (χ0n) is 9.71. The van der Waals surface area contributed by atoms with Gasteiger partial charge in [0, 0.05) is 26.3 Å².